The van der Waals surface area contributed by atoms with Gasteiger partial charge in [0.15, 0.2) is 5.13 Å². The van der Waals surface area contributed by atoms with Gasteiger partial charge in [0.2, 0.25) is 5.91 Å². The summed E-state index contributed by atoms with van der Waals surface area (Å²) in [5.74, 6) is 0.0994. The lowest BCUT2D eigenvalue weighted by Gasteiger charge is -2.21. The zero-order chi connectivity index (χ0) is 14.1. The van der Waals surface area contributed by atoms with Crippen molar-refractivity contribution in [1.82, 2.24) is 4.98 Å². The minimum absolute atomic E-state index is 0.0832. The van der Waals surface area contributed by atoms with Crippen LogP contribution in [0.4, 0.5) is 15.3 Å². The molecule has 0 saturated heterocycles. The maximum atomic E-state index is 13.4. The summed E-state index contributed by atoms with van der Waals surface area (Å²) in [5, 5.41) is 6.70. The van der Waals surface area contributed by atoms with Crippen LogP contribution < -0.4 is 10.6 Å². The Hall–Kier alpha value is -1.95. The zero-order valence-electron chi connectivity index (χ0n) is 10.9. The number of amides is 1. The molecule has 104 valence electrons. The van der Waals surface area contributed by atoms with Gasteiger partial charge in [-0.15, -0.1) is 0 Å². The lowest BCUT2D eigenvalue weighted by Crippen LogP contribution is -2.22. The Morgan fingerprint density at radius 3 is 3.15 bits per heavy atom. The second kappa shape index (κ2) is 5.20. The van der Waals surface area contributed by atoms with E-state index in [2.05, 4.69) is 15.6 Å². The second-order valence-corrected chi connectivity index (χ2v) is 5.65. The summed E-state index contributed by atoms with van der Waals surface area (Å²) in [6.07, 6.45) is 0.324. The van der Waals surface area contributed by atoms with Crippen molar-refractivity contribution < 1.29 is 9.18 Å². The summed E-state index contributed by atoms with van der Waals surface area (Å²) in [6.45, 7) is 2.76. The molecule has 1 aromatic heterocycles. The average molecular weight is 291 g/mol. The molecule has 2 N–H and O–H groups in total. The molecule has 3 rings (SSSR count). The van der Waals surface area contributed by atoms with Gasteiger partial charge in [0.1, 0.15) is 11.6 Å². The lowest BCUT2D eigenvalue weighted by molar-refractivity contribution is -0.116. The van der Waals surface area contributed by atoms with Crippen molar-refractivity contribution in [2.75, 3.05) is 17.2 Å². The largest absolute Gasteiger partial charge is 0.362 e. The molecule has 0 aliphatic carbocycles. The van der Waals surface area contributed by atoms with Gasteiger partial charge in [-0.2, -0.15) is 0 Å². The van der Waals surface area contributed by atoms with Crippen LogP contribution in [0, 0.1) is 5.82 Å². The van der Waals surface area contributed by atoms with Crippen LogP contribution in [0.1, 0.15) is 29.7 Å². The fourth-order valence-corrected chi connectivity index (χ4v) is 3.46. The Kier molecular flexibility index (Phi) is 3.40. The molecule has 1 aliphatic rings. The molecular weight excluding hydrogens is 277 g/mol. The van der Waals surface area contributed by atoms with E-state index in [1.807, 2.05) is 13.0 Å². The minimum atomic E-state index is -0.286. The van der Waals surface area contributed by atoms with E-state index >= 15 is 0 Å². The smallest absolute Gasteiger partial charge is 0.226 e. The first-order valence-corrected chi connectivity index (χ1v) is 7.29. The van der Waals surface area contributed by atoms with Crippen molar-refractivity contribution in [2.24, 2.45) is 0 Å². The van der Waals surface area contributed by atoms with Gasteiger partial charge in [-0.3, -0.25) is 4.79 Å². The SMILES string of the molecule is CCNc1nc2c(s1)[C@H](c1cccc(F)c1)CC(=O)N2. The third kappa shape index (κ3) is 2.38. The van der Waals surface area contributed by atoms with Crippen LogP contribution in [-0.4, -0.2) is 17.4 Å². The van der Waals surface area contributed by atoms with E-state index in [-0.39, 0.29) is 17.6 Å². The Morgan fingerprint density at radius 2 is 2.40 bits per heavy atom. The Balaban J connectivity index is 2.03. The number of halogens is 1. The van der Waals surface area contributed by atoms with Crippen molar-refractivity contribution in [2.45, 2.75) is 19.3 Å². The Labute approximate surface area is 120 Å². The number of fused-ring (bicyclic) bond motifs is 1. The molecule has 0 spiro atoms. The van der Waals surface area contributed by atoms with E-state index < -0.39 is 0 Å². The summed E-state index contributed by atoms with van der Waals surface area (Å²) < 4.78 is 13.4. The highest BCUT2D eigenvalue weighted by Crippen LogP contribution is 2.42. The minimum Gasteiger partial charge on any atom is -0.362 e. The van der Waals surface area contributed by atoms with E-state index in [1.54, 1.807) is 6.07 Å². The molecule has 1 aliphatic heterocycles. The molecule has 1 amide bonds. The molecule has 0 saturated carbocycles. The average Bonchev–Trinajstić information content (AvgIpc) is 2.80. The maximum Gasteiger partial charge on any atom is 0.226 e. The highest BCUT2D eigenvalue weighted by molar-refractivity contribution is 7.16. The van der Waals surface area contributed by atoms with Crippen molar-refractivity contribution >= 4 is 28.2 Å². The predicted molar refractivity (Wildman–Crippen MR) is 77.8 cm³/mol. The summed E-state index contributed by atoms with van der Waals surface area (Å²) in [7, 11) is 0. The molecule has 0 fully saturated rings. The van der Waals surface area contributed by atoms with Crippen molar-refractivity contribution in [3.8, 4) is 0 Å². The third-order valence-corrected chi connectivity index (χ3v) is 4.32. The number of benzene rings is 1. The highest BCUT2D eigenvalue weighted by atomic mass is 32.1. The molecule has 2 aromatic rings. The zero-order valence-corrected chi connectivity index (χ0v) is 11.8. The van der Waals surface area contributed by atoms with Crippen LogP contribution >= 0.6 is 11.3 Å². The molecule has 0 bridgehead atoms. The summed E-state index contributed by atoms with van der Waals surface area (Å²) in [4.78, 5) is 17.1. The third-order valence-electron chi connectivity index (χ3n) is 3.20. The molecule has 0 unspecified atom stereocenters. The van der Waals surface area contributed by atoms with Gasteiger partial charge in [0.05, 0.1) is 4.88 Å². The normalized spacial score (nSPS) is 17.5. The number of thiazole rings is 1. The lowest BCUT2D eigenvalue weighted by atomic mass is 9.91. The molecule has 20 heavy (non-hydrogen) atoms. The monoisotopic (exact) mass is 291 g/mol. The molecular formula is C14H14FN3OS. The number of rotatable bonds is 3. The van der Waals surface area contributed by atoms with Crippen LogP contribution in [-0.2, 0) is 4.79 Å². The molecule has 4 nitrogen and oxygen atoms in total. The molecule has 1 aromatic carbocycles. The van der Waals surface area contributed by atoms with Gasteiger partial charge in [-0.05, 0) is 24.6 Å². The Bertz CT molecular complexity index is 656. The molecule has 2 heterocycles. The summed E-state index contributed by atoms with van der Waals surface area (Å²) in [5.41, 5.74) is 0.813. The van der Waals surface area contributed by atoms with Crippen LogP contribution in [0.3, 0.4) is 0 Å². The standard InChI is InChI=1S/C14H14FN3OS/c1-2-16-14-18-13-12(20-14)10(7-11(19)17-13)8-4-3-5-9(15)6-8/h3-6,10H,2,7H2,1H3,(H,16,18)(H,17,19)/t10-/m0/s1. The summed E-state index contributed by atoms with van der Waals surface area (Å²) in [6, 6.07) is 6.41. The van der Waals surface area contributed by atoms with Gasteiger partial charge in [0.25, 0.3) is 0 Å². The topological polar surface area (TPSA) is 54.0 Å². The van der Waals surface area contributed by atoms with Crippen molar-refractivity contribution in [3.05, 3.63) is 40.5 Å². The highest BCUT2D eigenvalue weighted by Gasteiger charge is 2.30. The number of hydrogen-bond donors (Lipinski definition) is 2. The van der Waals surface area contributed by atoms with Crippen LogP contribution in [0.2, 0.25) is 0 Å². The van der Waals surface area contributed by atoms with E-state index in [9.17, 15) is 9.18 Å². The Morgan fingerprint density at radius 1 is 1.55 bits per heavy atom. The van der Waals surface area contributed by atoms with Crippen LogP contribution in [0.15, 0.2) is 24.3 Å². The number of hydrogen-bond acceptors (Lipinski definition) is 4. The van der Waals surface area contributed by atoms with Crippen molar-refractivity contribution in [3.63, 3.8) is 0 Å². The molecule has 0 radical (unpaired) electrons. The van der Waals surface area contributed by atoms with Gasteiger partial charge in [-0.25, -0.2) is 9.37 Å². The fourth-order valence-electron chi connectivity index (χ4n) is 2.34. The number of carbonyl (C=O) groups is 1. The predicted octanol–water partition coefficient (Wildman–Crippen LogP) is 3.19. The second-order valence-electron chi connectivity index (χ2n) is 4.62. The number of nitrogens with zero attached hydrogens (tertiary/aromatic N) is 1. The van der Waals surface area contributed by atoms with Gasteiger partial charge < -0.3 is 10.6 Å². The van der Waals surface area contributed by atoms with Gasteiger partial charge in [0, 0.05) is 18.9 Å². The first kappa shape index (κ1) is 13.1. The van der Waals surface area contributed by atoms with Gasteiger partial charge in [-0.1, -0.05) is 23.5 Å². The van der Waals surface area contributed by atoms with E-state index in [4.69, 9.17) is 0 Å². The number of anilines is 2. The van der Waals surface area contributed by atoms with E-state index in [0.717, 1.165) is 22.1 Å². The molecule has 1 atom stereocenters. The van der Waals surface area contributed by atoms with Crippen LogP contribution in [0.25, 0.3) is 0 Å². The van der Waals surface area contributed by atoms with Crippen LogP contribution in [0.5, 0.6) is 0 Å². The fraction of sp³-hybridized carbons (Fsp3) is 0.286. The first-order valence-electron chi connectivity index (χ1n) is 6.47. The maximum absolute atomic E-state index is 13.4. The molecule has 6 heteroatoms. The van der Waals surface area contributed by atoms with E-state index in [1.165, 1.54) is 23.5 Å². The van der Waals surface area contributed by atoms with Crippen molar-refractivity contribution in [1.29, 1.82) is 0 Å². The van der Waals surface area contributed by atoms with Gasteiger partial charge >= 0.3 is 0 Å². The first-order chi connectivity index (χ1) is 9.67. The summed E-state index contributed by atoms with van der Waals surface area (Å²) >= 11 is 1.51. The van der Waals surface area contributed by atoms with E-state index in [0.29, 0.717) is 12.2 Å². The number of nitrogens with one attached hydrogen (secondary N) is 2. The quantitative estimate of drug-likeness (QED) is 0.913. The number of aromatic nitrogens is 1. The number of carbonyl (C=O) groups excluding carboxylic acids is 1.